The molecule has 0 aliphatic heterocycles. The van der Waals surface area contributed by atoms with E-state index in [1.54, 1.807) is 0 Å². The van der Waals surface area contributed by atoms with Gasteiger partial charge < -0.3 is 0 Å². The molecule has 0 nitrogen and oxygen atoms in total. The van der Waals surface area contributed by atoms with Crippen molar-refractivity contribution < 1.29 is 0 Å². The van der Waals surface area contributed by atoms with Gasteiger partial charge >= 0.3 is 0 Å². The third kappa shape index (κ3) is 4.54. The molecule has 0 aliphatic carbocycles. The lowest BCUT2D eigenvalue weighted by Crippen LogP contribution is -2.94. The van der Waals surface area contributed by atoms with Crippen molar-refractivity contribution >= 4 is 46.3 Å². The average molecular weight is 561 g/mol. The molecular weight excluding hydrogens is 525 g/mol. The van der Waals surface area contributed by atoms with Gasteiger partial charge in [0.25, 0.3) is 0 Å². The van der Waals surface area contributed by atoms with Crippen LogP contribution in [0, 0.1) is 20.8 Å². The molecule has 0 unspecified atom stereocenters. The van der Waals surface area contributed by atoms with Crippen LogP contribution in [0.1, 0.15) is 16.7 Å². The van der Waals surface area contributed by atoms with E-state index in [-0.39, 0.29) is 0 Å². The maximum Gasteiger partial charge on any atom is 0.154 e. The Morgan fingerprint density at radius 3 is 0.659 bits per heavy atom. The molecule has 0 aliphatic rings. The van der Waals surface area contributed by atoms with Gasteiger partial charge in [-0.05, 0) is 20.8 Å². The normalized spacial score (nSPS) is 11.8. The maximum atomic E-state index is 2.44. The minimum atomic E-state index is -2.86. The zero-order valence-electron chi connectivity index (χ0n) is 24.1. The summed E-state index contributed by atoms with van der Waals surface area (Å²) < 4.78 is 0. The number of rotatable bonds is 7. The lowest BCUT2D eigenvalue weighted by molar-refractivity contribution is 1.47. The fourth-order valence-electron chi connectivity index (χ4n) is 6.77. The predicted molar refractivity (Wildman–Crippen MR) is 182 cm³/mol. The van der Waals surface area contributed by atoms with E-state index in [0.29, 0.717) is 0 Å². The summed E-state index contributed by atoms with van der Waals surface area (Å²) in [5, 5.41) is 8.72. The van der Waals surface area contributed by atoms with Crippen LogP contribution in [-0.2, 0) is 0 Å². The highest BCUT2D eigenvalue weighted by Crippen LogP contribution is 2.23. The fraction of sp³-hybridized carbons (Fsp3) is 0.0769. The van der Waals surface area contributed by atoms with E-state index in [1.165, 1.54) is 47.8 Å². The fourth-order valence-corrected chi connectivity index (χ4v) is 26.2. The average Bonchev–Trinajstić information content (AvgIpc) is 3.03. The SMILES string of the molecule is Cc1ccc([Si](c2ccc(C)cc2)(c2ccc(C)cc2)[Si](c2ccccc2)(c2ccccc2)c2ccccc2)cc1. The van der Waals surface area contributed by atoms with Crippen molar-refractivity contribution in [3.8, 4) is 0 Å². The summed E-state index contributed by atoms with van der Waals surface area (Å²) in [6.07, 6.45) is 0. The Labute approximate surface area is 246 Å². The third-order valence-electron chi connectivity index (χ3n) is 8.64. The van der Waals surface area contributed by atoms with E-state index >= 15 is 0 Å². The van der Waals surface area contributed by atoms with Gasteiger partial charge in [0.15, 0.2) is 15.2 Å². The molecule has 0 heterocycles. The second-order valence-electron chi connectivity index (χ2n) is 11.2. The van der Waals surface area contributed by atoms with Gasteiger partial charge in [0.05, 0.1) is 0 Å². The Hall–Kier alpha value is -4.25. The quantitative estimate of drug-likeness (QED) is 0.183. The first-order valence-electron chi connectivity index (χ1n) is 14.4. The predicted octanol–water partition coefficient (Wildman–Crippen LogP) is 5.33. The molecule has 0 radical (unpaired) electrons. The molecule has 0 N–H and O–H groups in total. The Kier molecular flexibility index (Phi) is 7.44. The molecule has 200 valence electrons. The summed E-state index contributed by atoms with van der Waals surface area (Å²) in [5.74, 6) is 0. The summed E-state index contributed by atoms with van der Waals surface area (Å²) in [7, 11) is -5.70. The van der Waals surface area contributed by atoms with Crippen LogP contribution < -0.4 is 31.1 Å². The molecule has 6 aromatic carbocycles. The topological polar surface area (TPSA) is 0 Å². The van der Waals surface area contributed by atoms with Crippen molar-refractivity contribution in [1.29, 1.82) is 0 Å². The van der Waals surface area contributed by atoms with Crippen LogP contribution in [0.2, 0.25) is 0 Å². The first-order valence-corrected chi connectivity index (χ1v) is 19.4. The van der Waals surface area contributed by atoms with Gasteiger partial charge in [0, 0.05) is 0 Å². The van der Waals surface area contributed by atoms with Gasteiger partial charge in [-0.3, -0.25) is 0 Å². The van der Waals surface area contributed by atoms with E-state index in [0.717, 1.165) is 0 Å². The Bertz CT molecular complexity index is 1500. The summed E-state index contributed by atoms with van der Waals surface area (Å²) in [6, 6.07) is 62.9. The van der Waals surface area contributed by atoms with Crippen molar-refractivity contribution in [2.45, 2.75) is 20.8 Å². The van der Waals surface area contributed by atoms with Gasteiger partial charge in [-0.2, -0.15) is 0 Å². The van der Waals surface area contributed by atoms with Gasteiger partial charge in [-0.1, -0.05) is 212 Å². The van der Waals surface area contributed by atoms with E-state index in [1.807, 2.05) is 0 Å². The lowest BCUT2D eigenvalue weighted by atomic mass is 10.2. The van der Waals surface area contributed by atoms with Gasteiger partial charge in [0.1, 0.15) is 0 Å². The molecule has 0 amide bonds. The van der Waals surface area contributed by atoms with Crippen molar-refractivity contribution in [2.75, 3.05) is 0 Å². The molecule has 6 aromatic rings. The van der Waals surface area contributed by atoms with Crippen molar-refractivity contribution in [2.24, 2.45) is 0 Å². The molecule has 0 spiro atoms. The maximum absolute atomic E-state index is 2.86. The first-order chi connectivity index (χ1) is 20.1. The van der Waals surface area contributed by atoms with Crippen LogP contribution in [0.25, 0.3) is 0 Å². The molecule has 0 bridgehead atoms. The summed E-state index contributed by atoms with van der Waals surface area (Å²) in [6.45, 7) is 6.59. The molecule has 0 saturated carbocycles. The van der Waals surface area contributed by atoms with Gasteiger partial charge in [-0.15, -0.1) is 0 Å². The van der Waals surface area contributed by atoms with E-state index in [4.69, 9.17) is 0 Å². The lowest BCUT2D eigenvalue weighted by Gasteiger charge is -2.50. The summed E-state index contributed by atoms with van der Waals surface area (Å²) in [5.41, 5.74) is 3.86. The van der Waals surface area contributed by atoms with Gasteiger partial charge in [-0.25, -0.2) is 0 Å². The summed E-state index contributed by atoms with van der Waals surface area (Å²) >= 11 is 0. The molecule has 0 fully saturated rings. The highest BCUT2D eigenvalue weighted by atomic mass is 29.3. The molecule has 0 atom stereocenters. The van der Waals surface area contributed by atoms with Crippen LogP contribution in [0.3, 0.4) is 0 Å². The Morgan fingerprint density at radius 2 is 0.439 bits per heavy atom. The number of aryl methyl sites for hydroxylation is 3. The number of hydrogen-bond donors (Lipinski definition) is 0. The van der Waals surface area contributed by atoms with Crippen LogP contribution in [0.4, 0.5) is 0 Å². The van der Waals surface area contributed by atoms with E-state index in [9.17, 15) is 0 Å². The zero-order chi connectivity index (χ0) is 28.3. The van der Waals surface area contributed by atoms with Crippen LogP contribution in [-0.4, -0.2) is 15.2 Å². The Morgan fingerprint density at radius 1 is 0.244 bits per heavy atom. The second-order valence-corrected chi connectivity index (χ2v) is 22.2. The molecule has 2 heteroatoms. The van der Waals surface area contributed by atoms with E-state index in [2.05, 4.69) is 185 Å². The number of benzene rings is 6. The van der Waals surface area contributed by atoms with E-state index < -0.39 is 15.2 Å². The highest BCUT2D eigenvalue weighted by Gasteiger charge is 2.61. The van der Waals surface area contributed by atoms with Crippen molar-refractivity contribution in [3.05, 3.63) is 180 Å². The van der Waals surface area contributed by atoms with Crippen LogP contribution in [0.5, 0.6) is 0 Å². The minimum Gasteiger partial charge on any atom is -0.0624 e. The van der Waals surface area contributed by atoms with Crippen molar-refractivity contribution in [3.63, 3.8) is 0 Å². The monoisotopic (exact) mass is 560 g/mol. The molecular formula is C39H36Si2. The zero-order valence-corrected chi connectivity index (χ0v) is 26.1. The standard InChI is InChI=1S/C39H36Si2/c1-31-19-25-37(26-20-31)41(38-27-21-32(2)22-28-38,39-29-23-33(3)24-30-39)40(34-13-7-4-8-14-34,35-15-9-5-10-16-35)36-17-11-6-12-18-36/h4-30H,1-3H3. The largest absolute Gasteiger partial charge is 0.154 e. The van der Waals surface area contributed by atoms with Gasteiger partial charge in [0.2, 0.25) is 0 Å². The van der Waals surface area contributed by atoms with Crippen LogP contribution in [0.15, 0.2) is 164 Å². The molecule has 0 aromatic heterocycles. The smallest absolute Gasteiger partial charge is 0.0624 e. The van der Waals surface area contributed by atoms with Crippen LogP contribution >= 0.6 is 0 Å². The summed E-state index contributed by atoms with van der Waals surface area (Å²) in [4.78, 5) is 0. The first kappa shape index (κ1) is 26.9. The molecule has 0 saturated heterocycles. The number of hydrogen-bond acceptors (Lipinski definition) is 0. The van der Waals surface area contributed by atoms with Crippen molar-refractivity contribution in [1.82, 2.24) is 0 Å². The second kappa shape index (κ2) is 11.3. The third-order valence-corrected chi connectivity index (χ3v) is 25.5. The highest BCUT2D eigenvalue weighted by molar-refractivity contribution is 7.67. The Balaban J connectivity index is 1.93. The molecule has 6 rings (SSSR count). The molecule has 41 heavy (non-hydrogen) atoms. The minimum absolute atomic E-state index is 1.29.